The monoisotopic (exact) mass is 290 g/mol. The second-order valence-electron chi connectivity index (χ2n) is 4.59. The highest BCUT2D eigenvalue weighted by Gasteiger charge is 2.20. The maximum Gasteiger partial charge on any atom is 0.241 e. The molecule has 0 saturated heterocycles. The predicted molar refractivity (Wildman–Crippen MR) is 76.5 cm³/mol. The summed E-state index contributed by atoms with van der Waals surface area (Å²) >= 11 is 1.54. The first-order valence-corrected chi connectivity index (χ1v) is 8.49. The summed E-state index contributed by atoms with van der Waals surface area (Å²) in [5, 5.41) is 3.28. The summed E-state index contributed by atoms with van der Waals surface area (Å²) in [5.41, 5.74) is 0. The van der Waals surface area contributed by atoms with Crippen molar-refractivity contribution in [2.75, 3.05) is 6.54 Å². The Hall–Kier alpha value is -0.430. The first-order chi connectivity index (χ1) is 8.36. The minimum absolute atomic E-state index is 0.0871. The number of rotatable bonds is 7. The average Bonchev–Trinajstić information content (AvgIpc) is 2.59. The van der Waals surface area contributed by atoms with Crippen LogP contribution in [0.1, 0.15) is 36.9 Å². The highest BCUT2D eigenvalue weighted by molar-refractivity contribution is 7.89. The number of thiophene rings is 1. The Morgan fingerprint density at radius 3 is 2.61 bits per heavy atom. The highest BCUT2D eigenvalue weighted by atomic mass is 32.2. The van der Waals surface area contributed by atoms with E-state index in [1.165, 1.54) is 11.3 Å². The Bertz CT molecular complexity index is 478. The lowest BCUT2D eigenvalue weighted by molar-refractivity contribution is 0.569. The lowest BCUT2D eigenvalue weighted by Crippen LogP contribution is -2.30. The van der Waals surface area contributed by atoms with Crippen LogP contribution >= 0.6 is 11.3 Å². The van der Waals surface area contributed by atoms with Crippen LogP contribution in [0.15, 0.2) is 11.0 Å². The summed E-state index contributed by atoms with van der Waals surface area (Å²) in [5.74, 6) is 0. The van der Waals surface area contributed by atoms with Gasteiger partial charge in [-0.3, -0.25) is 0 Å². The molecule has 18 heavy (non-hydrogen) atoms. The Kier molecular flexibility index (Phi) is 5.78. The number of aryl methyl sites for hydroxylation is 1. The van der Waals surface area contributed by atoms with Crippen molar-refractivity contribution < 1.29 is 8.42 Å². The molecule has 0 amide bonds. The molecule has 0 atom stereocenters. The summed E-state index contributed by atoms with van der Waals surface area (Å²) in [6.07, 6.45) is 1.07. The maximum absolute atomic E-state index is 12.1. The van der Waals surface area contributed by atoms with Crippen LogP contribution in [0.3, 0.4) is 0 Å². The Morgan fingerprint density at radius 2 is 2.06 bits per heavy atom. The smallest absolute Gasteiger partial charge is 0.241 e. The molecule has 0 aliphatic carbocycles. The molecule has 0 radical (unpaired) electrons. The van der Waals surface area contributed by atoms with E-state index in [1.54, 1.807) is 6.07 Å². The predicted octanol–water partition coefficient (Wildman–Crippen LogP) is 2.24. The lowest BCUT2D eigenvalue weighted by Gasteiger charge is -2.08. The van der Waals surface area contributed by atoms with Crippen molar-refractivity contribution in [2.45, 2.75) is 51.6 Å². The molecule has 0 saturated carbocycles. The second kappa shape index (κ2) is 6.65. The molecule has 0 fully saturated rings. The first kappa shape index (κ1) is 15.6. The van der Waals surface area contributed by atoms with Gasteiger partial charge in [-0.05, 0) is 39.8 Å². The van der Waals surface area contributed by atoms with E-state index in [0.717, 1.165) is 29.3 Å². The van der Waals surface area contributed by atoms with E-state index in [0.29, 0.717) is 4.90 Å². The third-order valence-corrected chi connectivity index (χ3v) is 5.29. The van der Waals surface area contributed by atoms with Crippen LogP contribution in [0, 0.1) is 6.92 Å². The molecule has 0 aliphatic rings. The van der Waals surface area contributed by atoms with Crippen LogP contribution in [0.2, 0.25) is 0 Å². The topological polar surface area (TPSA) is 58.2 Å². The zero-order chi connectivity index (χ0) is 13.8. The van der Waals surface area contributed by atoms with Gasteiger partial charge in [-0.25, -0.2) is 13.1 Å². The SMILES string of the molecule is CCCNCc1cc(S(=O)(=O)NC(C)C)c(C)s1. The van der Waals surface area contributed by atoms with Crippen LogP contribution in [-0.2, 0) is 16.6 Å². The van der Waals surface area contributed by atoms with Gasteiger partial charge in [-0.15, -0.1) is 11.3 Å². The second-order valence-corrected chi connectivity index (χ2v) is 7.61. The van der Waals surface area contributed by atoms with E-state index < -0.39 is 10.0 Å². The van der Waals surface area contributed by atoms with E-state index in [9.17, 15) is 8.42 Å². The van der Waals surface area contributed by atoms with Crippen molar-refractivity contribution in [2.24, 2.45) is 0 Å². The quantitative estimate of drug-likeness (QED) is 0.757. The van der Waals surface area contributed by atoms with Gasteiger partial charge in [0.15, 0.2) is 0 Å². The lowest BCUT2D eigenvalue weighted by atomic mass is 10.4. The van der Waals surface area contributed by atoms with Gasteiger partial charge in [0, 0.05) is 22.3 Å². The van der Waals surface area contributed by atoms with Gasteiger partial charge in [0.25, 0.3) is 0 Å². The van der Waals surface area contributed by atoms with Gasteiger partial charge in [0.05, 0.1) is 4.90 Å². The standard InChI is InChI=1S/C12H22N2O2S2/c1-5-6-13-8-11-7-12(10(4)17-11)18(15,16)14-9(2)3/h7,9,13-14H,5-6,8H2,1-4H3. The van der Waals surface area contributed by atoms with E-state index >= 15 is 0 Å². The molecular formula is C12H22N2O2S2. The third kappa shape index (κ3) is 4.35. The van der Waals surface area contributed by atoms with Crippen molar-refractivity contribution in [3.05, 3.63) is 15.8 Å². The van der Waals surface area contributed by atoms with Crippen LogP contribution in [-0.4, -0.2) is 21.0 Å². The first-order valence-electron chi connectivity index (χ1n) is 6.19. The minimum atomic E-state index is -3.37. The molecule has 1 heterocycles. The van der Waals surface area contributed by atoms with Crippen LogP contribution in [0.4, 0.5) is 0 Å². The van der Waals surface area contributed by atoms with Gasteiger partial charge >= 0.3 is 0 Å². The highest BCUT2D eigenvalue weighted by Crippen LogP contribution is 2.25. The van der Waals surface area contributed by atoms with Gasteiger partial charge in [0.2, 0.25) is 10.0 Å². The maximum atomic E-state index is 12.1. The molecule has 6 heteroatoms. The van der Waals surface area contributed by atoms with Crippen LogP contribution in [0.5, 0.6) is 0 Å². The molecular weight excluding hydrogens is 268 g/mol. The largest absolute Gasteiger partial charge is 0.312 e. The molecule has 4 nitrogen and oxygen atoms in total. The van der Waals surface area contributed by atoms with Gasteiger partial charge < -0.3 is 5.32 Å². The molecule has 1 aromatic rings. The average molecular weight is 290 g/mol. The number of hydrogen-bond acceptors (Lipinski definition) is 4. The van der Waals surface area contributed by atoms with E-state index in [2.05, 4.69) is 17.0 Å². The molecule has 104 valence electrons. The zero-order valence-corrected chi connectivity index (χ0v) is 13.0. The number of sulfonamides is 1. The molecule has 0 aliphatic heterocycles. The number of hydrogen-bond donors (Lipinski definition) is 2. The minimum Gasteiger partial charge on any atom is -0.312 e. The fourth-order valence-electron chi connectivity index (χ4n) is 1.64. The van der Waals surface area contributed by atoms with Gasteiger partial charge in [-0.2, -0.15) is 0 Å². The fourth-order valence-corrected chi connectivity index (χ4v) is 4.50. The van der Waals surface area contributed by atoms with Crippen LogP contribution in [0.25, 0.3) is 0 Å². The summed E-state index contributed by atoms with van der Waals surface area (Å²) in [6, 6.07) is 1.68. The van der Waals surface area contributed by atoms with Crippen molar-refractivity contribution in [1.82, 2.24) is 10.0 Å². The molecule has 2 N–H and O–H groups in total. The summed E-state index contributed by atoms with van der Waals surface area (Å²) < 4.78 is 26.8. The molecule has 1 aromatic heterocycles. The third-order valence-electron chi connectivity index (χ3n) is 2.33. The molecule has 1 rings (SSSR count). The van der Waals surface area contributed by atoms with Crippen molar-refractivity contribution in [3.63, 3.8) is 0 Å². The van der Waals surface area contributed by atoms with Crippen molar-refractivity contribution in [1.29, 1.82) is 0 Å². The van der Waals surface area contributed by atoms with E-state index in [1.807, 2.05) is 20.8 Å². The normalized spacial score (nSPS) is 12.3. The Balaban J connectivity index is 2.84. The van der Waals surface area contributed by atoms with Crippen LogP contribution < -0.4 is 10.0 Å². The summed E-state index contributed by atoms with van der Waals surface area (Å²) in [7, 11) is -3.37. The molecule has 0 aromatic carbocycles. The van der Waals surface area contributed by atoms with Crippen molar-refractivity contribution >= 4 is 21.4 Å². The van der Waals surface area contributed by atoms with E-state index in [4.69, 9.17) is 0 Å². The van der Waals surface area contributed by atoms with Gasteiger partial charge in [0.1, 0.15) is 0 Å². The zero-order valence-electron chi connectivity index (χ0n) is 11.4. The summed E-state index contributed by atoms with van der Waals surface area (Å²) in [4.78, 5) is 2.32. The van der Waals surface area contributed by atoms with Crippen molar-refractivity contribution in [3.8, 4) is 0 Å². The Morgan fingerprint density at radius 1 is 1.39 bits per heavy atom. The molecule has 0 bridgehead atoms. The fraction of sp³-hybridized carbons (Fsp3) is 0.667. The molecule has 0 spiro atoms. The Labute approximate surface area is 114 Å². The van der Waals surface area contributed by atoms with E-state index in [-0.39, 0.29) is 6.04 Å². The number of nitrogens with one attached hydrogen (secondary N) is 2. The molecule has 0 unspecified atom stereocenters. The summed E-state index contributed by atoms with van der Waals surface area (Å²) in [6.45, 7) is 9.28. The van der Waals surface area contributed by atoms with Gasteiger partial charge in [-0.1, -0.05) is 6.92 Å².